The summed E-state index contributed by atoms with van der Waals surface area (Å²) < 4.78 is 0. The number of nitrogens with zero attached hydrogens (tertiary/aromatic N) is 2. The molecule has 3 nitrogen and oxygen atoms in total. The van der Waals surface area contributed by atoms with E-state index in [1.54, 1.807) is 11.3 Å². The third-order valence-corrected chi connectivity index (χ3v) is 5.56. The molecule has 1 fully saturated rings. The van der Waals surface area contributed by atoms with Gasteiger partial charge in [-0.3, -0.25) is 9.69 Å². The fourth-order valence-electron chi connectivity index (χ4n) is 3.40. The van der Waals surface area contributed by atoms with E-state index in [1.165, 1.54) is 11.1 Å². The van der Waals surface area contributed by atoms with E-state index in [-0.39, 0.29) is 5.91 Å². The molecule has 0 bridgehead atoms. The monoisotopic (exact) mass is 312 g/mol. The maximum absolute atomic E-state index is 12.2. The Hall–Kier alpha value is -1.65. The molecule has 2 aliphatic rings. The van der Waals surface area contributed by atoms with Crippen molar-refractivity contribution < 1.29 is 4.79 Å². The van der Waals surface area contributed by atoms with Crippen molar-refractivity contribution in [1.29, 1.82) is 0 Å². The first kappa shape index (κ1) is 14.0. The van der Waals surface area contributed by atoms with Crippen LogP contribution in [0.15, 0.2) is 41.1 Å². The molecule has 0 atom stereocenters. The Kier molecular flexibility index (Phi) is 3.72. The zero-order valence-electron chi connectivity index (χ0n) is 12.6. The minimum absolute atomic E-state index is 0.270. The van der Waals surface area contributed by atoms with Crippen LogP contribution in [0.5, 0.6) is 0 Å². The van der Waals surface area contributed by atoms with Gasteiger partial charge in [-0.2, -0.15) is 11.3 Å². The Morgan fingerprint density at radius 1 is 1.18 bits per heavy atom. The zero-order valence-corrected chi connectivity index (χ0v) is 13.4. The van der Waals surface area contributed by atoms with Gasteiger partial charge in [-0.05, 0) is 39.9 Å². The average molecular weight is 312 g/mol. The Labute approximate surface area is 135 Å². The van der Waals surface area contributed by atoms with E-state index in [0.717, 1.165) is 38.2 Å². The standard InChI is InChI=1S/C18H20N2OS/c21-18(9-14-6-8-22-13-14)20-11-17(12-20)19-7-5-15-3-1-2-4-16(15)10-19/h1-4,6,8,13,17H,5,7,9-12H2. The number of hydrogen-bond acceptors (Lipinski definition) is 3. The molecule has 4 heteroatoms. The first-order chi connectivity index (χ1) is 10.8. The van der Waals surface area contributed by atoms with Gasteiger partial charge in [-0.1, -0.05) is 24.3 Å². The summed E-state index contributed by atoms with van der Waals surface area (Å²) in [6, 6.07) is 11.3. The Balaban J connectivity index is 1.31. The third kappa shape index (κ3) is 2.69. The van der Waals surface area contributed by atoms with Crippen LogP contribution in [-0.2, 0) is 24.2 Å². The summed E-state index contributed by atoms with van der Waals surface area (Å²) >= 11 is 1.66. The van der Waals surface area contributed by atoms with Gasteiger partial charge in [0.05, 0.1) is 6.42 Å². The van der Waals surface area contributed by atoms with Crippen molar-refractivity contribution >= 4 is 17.2 Å². The van der Waals surface area contributed by atoms with Crippen LogP contribution in [0, 0.1) is 0 Å². The maximum atomic E-state index is 12.2. The summed E-state index contributed by atoms with van der Waals surface area (Å²) in [5.74, 6) is 0.270. The molecule has 0 saturated carbocycles. The smallest absolute Gasteiger partial charge is 0.227 e. The van der Waals surface area contributed by atoms with Crippen LogP contribution in [0.3, 0.4) is 0 Å². The van der Waals surface area contributed by atoms with Crippen LogP contribution in [0.4, 0.5) is 0 Å². The van der Waals surface area contributed by atoms with E-state index in [2.05, 4.69) is 34.5 Å². The van der Waals surface area contributed by atoms with Gasteiger partial charge in [0.1, 0.15) is 0 Å². The summed E-state index contributed by atoms with van der Waals surface area (Å²) in [4.78, 5) is 16.8. The lowest BCUT2D eigenvalue weighted by atomic mass is 9.96. The van der Waals surface area contributed by atoms with Crippen LogP contribution in [0.2, 0.25) is 0 Å². The van der Waals surface area contributed by atoms with E-state index >= 15 is 0 Å². The van der Waals surface area contributed by atoms with Gasteiger partial charge < -0.3 is 4.90 Å². The molecule has 3 heterocycles. The maximum Gasteiger partial charge on any atom is 0.227 e. The lowest BCUT2D eigenvalue weighted by Crippen LogP contribution is -2.61. The molecule has 0 spiro atoms. The predicted molar refractivity (Wildman–Crippen MR) is 88.9 cm³/mol. The molecule has 1 amide bonds. The molecule has 114 valence electrons. The molecule has 0 N–H and O–H groups in total. The Bertz CT molecular complexity index is 661. The number of hydrogen-bond donors (Lipinski definition) is 0. The van der Waals surface area contributed by atoms with E-state index in [1.807, 2.05) is 16.3 Å². The number of amides is 1. The second-order valence-electron chi connectivity index (χ2n) is 6.25. The molecular weight excluding hydrogens is 292 g/mol. The quantitative estimate of drug-likeness (QED) is 0.869. The molecule has 1 aromatic carbocycles. The van der Waals surface area contributed by atoms with Gasteiger partial charge in [0, 0.05) is 32.2 Å². The minimum Gasteiger partial charge on any atom is -0.339 e. The van der Waals surface area contributed by atoms with Crippen LogP contribution in [0.25, 0.3) is 0 Å². The van der Waals surface area contributed by atoms with Crippen molar-refractivity contribution in [3.8, 4) is 0 Å². The largest absolute Gasteiger partial charge is 0.339 e. The molecule has 0 unspecified atom stereocenters. The lowest BCUT2D eigenvalue weighted by molar-refractivity contribution is -0.138. The zero-order chi connectivity index (χ0) is 14.9. The number of fused-ring (bicyclic) bond motifs is 1. The summed E-state index contributed by atoms with van der Waals surface area (Å²) in [6.45, 7) is 3.94. The molecule has 4 rings (SSSR count). The minimum atomic E-state index is 0.270. The first-order valence-corrected chi connectivity index (χ1v) is 8.83. The van der Waals surface area contributed by atoms with E-state index < -0.39 is 0 Å². The molecule has 0 aliphatic carbocycles. The highest BCUT2D eigenvalue weighted by atomic mass is 32.1. The Morgan fingerprint density at radius 2 is 2.00 bits per heavy atom. The fraction of sp³-hybridized carbons (Fsp3) is 0.389. The van der Waals surface area contributed by atoms with Crippen molar-refractivity contribution in [3.05, 3.63) is 57.8 Å². The molecular formula is C18H20N2OS. The summed E-state index contributed by atoms with van der Waals surface area (Å²) in [6.07, 6.45) is 1.69. The van der Waals surface area contributed by atoms with Crippen molar-refractivity contribution in [2.45, 2.75) is 25.4 Å². The topological polar surface area (TPSA) is 23.6 Å². The van der Waals surface area contributed by atoms with E-state index in [0.29, 0.717) is 12.5 Å². The van der Waals surface area contributed by atoms with Gasteiger partial charge in [0.15, 0.2) is 0 Å². The Morgan fingerprint density at radius 3 is 2.77 bits per heavy atom. The number of rotatable bonds is 3. The second-order valence-corrected chi connectivity index (χ2v) is 7.03. The highest BCUT2D eigenvalue weighted by Gasteiger charge is 2.35. The summed E-state index contributed by atoms with van der Waals surface area (Å²) in [7, 11) is 0. The predicted octanol–water partition coefficient (Wildman–Crippen LogP) is 2.56. The van der Waals surface area contributed by atoms with Gasteiger partial charge >= 0.3 is 0 Å². The molecule has 2 aromatic rings. The third-order valence-electron chi connectivity index (χ3n) is 4.83. The molecule has 0 radical (unpaired) electrons. The highest BCUT2D eigenvalue weighted by molar-refractivity contribution is 7.07. The van der Waals surface area contributed by atoms with Crippen molar-refractivity contribution in [1.82, 2.24) is 9.80 Å². The molecule has 1 saturated heterocycles. The van der Waals surface area contributed by atoms with Crippen molar-refractivity contribution in [2.24, 2.45) is 0 Å². The number of thiophene rings is 1. The number of carbonyl (C=O) groups excluding carboxylic acids is 1. The summed E-state index contributed by atoms with van der Waals surface area (Å²) in [5, 5.41) is 4.10. The molecule has 2 aliphatic heterocycles. The van der Waals surface area contributed by atoms with Gasteiger partial charge in [-0.25, -0.2) is 0 Å². The highest BCUT2D eigenvalue weighted by Crippen LogP contribution is 2.24. The van der Waals surface area contributed by atoms with Gasteiger partial charge in [-0.15, -0.1) is 0 Å². The number of likely N-dealkylation sites (tertiary alicyclic amines) is 1. The van der Waals surface area contributed by atoms with Crippen LogP contribution in [-0.4, -0.2) is 41.4 Å². The number of carbonyl (C=O) groups is 1. The van der Waals surface area contributed by atoms with E-state index in [9.17, 15) is 4.79 Å². The molecule has 22 heavy (non-hydrogen) atoms. The first-order valence-electron chi connectivity index (χ1n) is 7.89. The van der Waals surface area contributed by atoms with Crippen LogP contribution in [0.1, 0.15) is 16.7 Å². The van der Waals surface area contributed by atoms with E-state index in [4.69, 9.17) is 0 Å². The van der Waals surface area contributed by atoms with Crippen molar-refractivity contribution in [3.63, 3.8) is 0 Å². The average Bonchev–Trinajstić information content (AvgIpc) is 2.98. The normalized spacial score (nSPS) is 18.8. The van der Waals surface area contributed by atoms with Gasteiger partial charge in [0.25, 0.3) is 0 Å². The van der Waals surface area contributed by atoms with Crippen LogP contribution >= 0.6 is 11.3 Å². The SMILES string of the molecule is O=C(Cc1ccsc1)N1CC(N2CCc3ccccc3C2)C1. The molecule has 1 aromatic heterocycles. The van der Waals surface area contributed by atoms with Crippen LogP contribution < -0.4 is 0 Å². The fourth-order valence-corrected chi connectivity index (χ4v) is 4.07. The van der Waals surface area contributed by atoms with Gasteiger partial charge in [0.2, 0.25) is 5.91 Å². The second kappa shape index (κ2) is 5.86. The number of benzene rings is 1. The lowest BCUT2D eigenvalue weighted by Gasteiger charge is -2.47. The summed E-state index contributed by atoms with van der Waals surface area (Å²) in [5.41, 5.74) is 4.09. The van der Waals surface area contributed by atoms with Crippen molar-refractivity contribution in [2.75, 3.05) is 19.6 Å².